The topological polar surface area (TPSA) is 66.8 Å². The maximum atomic E-state index is 12.1. The molecular formula is C14H17NO4. The Labute approximate surface area is 111 Å². The number of anilines is 1. The lowest BCUT2D eigenvalue weighted by molar-refractivity contribution is 0.0582. The summed E-state index contributed by atoms with van der Waals surface area (Å²) in [6.07, 6.45) is 0.102. The van der Waals surface area contributed by atoms with Crippen molar-refractivity contribution in [3.8, 4) is 0 Å². The zero-order valence-corrected chi connectivity index (χ0v) is 11.3. The molecule has 0 aromatic heterocycles. The summed E-state index contributed by atoms with van der Waals surface area (Å²) in [7, 11) is 0. The average Bonchev–Trinajstić information content (AvgIpc) is 2.69. The van der Waals surface area contributed by atoms with Crippen LogP contribution in [0.25, 0.3) is 0 Å². The van der Waals surface area contributed by atoms with E-state index in [0.29, 0.717) is 24.2 Å². The lowest BCUT2D eigenvalue weighted by atomic mass is 10.1. The summed E-state index contributed by atoms with van der Waals surface area (Å²) in [5, 5.41) is 9.13. The van der Waals surface area contributed by atoms with Crippen molar-refractivity contribution in [1.29, 1.82) is 0 Å². The number of carbonyl (C=O) groups is 2. The van der Waals surface area contributed by atoms with Gasteiger partial charge >= 0.3 is 12.1 Å². The number of fused-ring (bicyclic) bond motifs is 1. The van der Waals surface area contributed by atoms with Crippen molar-refractivity contribution in [2.75, 3.05) is 11.4 Å². The largest absolute Gasteiger partial charge is 0.478 e. The van der Waals surface area contributed by atoms with E-state index >= 15 is 0 Å². The second-order valence-corrected chi connectivity index (χ2v) is 5.49. The number of carboxylic acids is 1. The van der Waals surface area contributed by atoms with Crippen LogP contribution in [0.15, 0.2) is 18.2 Å². The molecule has 5 nitrogen and oxygen atoms in total. The van der Waals surface area contributed by atoms with Crippen LogP contribution in [0.2, 0.25) is 0 Å². The van der Waals surface area contributed by atoms with Crippen LogP contribution in [0.5, 0.6) is 0 Å². The summed E-state index contributed by atoms with van der Waals surface area (Å²) >= 11 is 0. The molecule has 0 saturated carbocycles. The first-order valence-corrected chi connectivity index (χ1v) is 6.15. The van der Waals surface area contributed by atoms with Gasteiger partial charge in [-0.25, -0.2) is 9.59 Å². The molecule has 1 N–H and O–H groups in total. The quantitative estimate of drug-likeness (QED) is 0.845. The SMILES string of the molecule is CC(C)(C)OC(=O)N1CCc2c(C(=O)O)cccc21. The molecule has 0 spiro atoms. The predicted octanol–water partition coefficient (Wildman–Crippen LogP) is 2.68. The van der Waals surface area contributed by atoms with Gasteiger partial charge in [-0.2, -0.15) is 0 Å². The van der Waals surface area contributed by atoms with Crippen LogP contribution in [0, 0.1) is 0 Å². The zero-order valence-electron chi connectivity index (χ0n) is 11.3. The summed E-state index contributed by atoms with van der Waals surface area (Å²) in [6, 6.07) is 4.95. The summed E-state index contributed by atoms with van der Waals surface area (Å²) in [6.45, 7) is 5.86. The van der Waals surface area contributed by atoms with Gasteiger partial charge in [0.2, 0.25) is 0 Å². The number of nitrogens with zero attached hydrogens (tertiary/aromatic N) is 1. The summed E-state index contributed by atoms with van der Waals surface area (Å²) in [5.74, 6) is -0.970. The summed E-state index contributed by atoms with van der Waals surface area (Å²) in [5.41, 5.74) is 1.02. The fourth-order valence-corrected chi connectivity index (χ4v) is 2.14. The smallest absolute Gasteiger partial charge is 0.414 e. The number of carboxylic acid groups (broad SMARTS) is 1. The molecule has 0 aliphatic carbocycles. The molecule has 1 aromatic carbocycles. The molecule has 1 amide bonds. The Morgan fingerprint density at radius 3 is 2.58 bits per heavy atom. The Balaban J connectivity index is 2.30. The molecule has 102 valence electrons. The Bertz CT molecular complexity index is 531. The third-order valence-corrected chi connectivity index (χ3v) is 2.87. The molecule has 1 aliphatic heterocycles. The molecule has 0 bridgehead atoms. The molecule has 0 fully saturated rings. The number of carbonyl (C=O) groups excluding carboxylic acids is 1. The van der Waals surface area contributed by atoms with Crippen molar-refractivity contribution in [3.05, 3.63) is 29.3 Å². The van der Waals surface area contributed by atoms with Crippen LogP contribution in [-0.4, -0.2) is 29.3 Å². The van der Waals surface area contributed by atoms with E-state index in [1.165, 1.54) is 4.90 Å². The van der Waals surface area contributed by atoms with Gasteiger partial charge in [-0.3, -0.25) is 4.90 Å². The second-order valence-electron chi connectivity index (χ2n) is 5.49. The van der Waals surface area contributed by atoms with E-state index in [9.17, 15) is 9.59 Å². The van der Waals surface area contributed by atoms with Gasteiger partial charge in [0.15, 0.2) is 0 Å². The molecule has 2 rings (SSSR count). The lowest BCUT2D eigenvalue weighted by Gasteiger charge is -2.24. The monoisotopic (exact) mass is 263 g/mol. The van der Waals surface area contributed by atoms with Gasteiger partial charge in [0.1, 0.15) is 5.60 Å². The Morgan fingerprint density at radius 2 is 2.00 bits per heavy atom. The number of ether oxygens (including phenoxy) is 1. The van der Waals surface area contributed by atoms with Crippen LogP contribution in [0.1, 0.15) is 36.7 Å². The van der Waals surface area contributed by atoms with E-state index in [2.05, 4.69) is 0 Å². The predicted molar refractivity (Wildman–Crippen MR) is 70.7 cm³/mol. The molecule has 0 unspecified atom stereocenters. The van der Waals surface area contributed by atoms with E-state index in [4.69, 9.17) is 9.84 Å². The lowest BCUT2D eigenvalue weighted by Crippen LogP contribution is -2.35. The third-order valence-electron chi connectivity index (χ3n) is 2.87. The number of amides is 1. The van der Waals surface area contributed by atoms with Gasteiger partial charge < -0.3 is 9.84 Å². The van der Waals surface area contributed by atoms with Crippen molar-refractivity contribution in [1.82, 2.24) is 0 Å². The minimum absolute atomic E-state index is 0.253. The van der Waals surface area contributed by atoms with Crippen LogP contribution in [0.4, 0.5) is 10.5 Å². The Hall–Kier alpha value is -2.04. The van der Waals surface area contributed by atoms with Gasteiger partial charge in [-0.1, -0.05) is 6.07 Å². The highest BCUT2D eigenvalue weighted by molar-refractivity contribution is 5.96. The minimum Gasteiger partial charge on any atom is -0.478 e. The molecule has 0 saturated heterocycles. The number of aromatic carboxylic acids is 1. The molecule has 0 radical (unpaired) electrons. The van der Waals surface area contributed by atoms with Crippen LogP contribution in [-0.2, 0) is 11.2 Å². The molecule has 5 heteroatoms. The number of rotatable bonds is 1. The van der Waals surface area contributed by atoms with Gasteiger partial charge in [-0.15, -0.1) is 0 Å². The molecule has 19 heavy (non-hydrogen) atoms. The molecule has 1 aliphatic rings. The highest BCUT2D eigenvalue weighted by Gasteiger charge is 2.31. The number of hydrogen-bond acceptors (Lipinski definition) is 3. The second kappa shape index (κ2) is 4.57. The maximum Gasteiger partial charge on any atom is 0.414 e. The molecular weight excluding hydrogens is 246 g/mol. The molecule has 0 atom stereocenters. The average molecular weight is 263 g/mol. The zero-order chi connectivity index (χ0) is 14.2. The number of benzene rings is 1. The number of hydrogen-bond donors (Lipinski definition) is 1. The van der Waals surface area contributed by atoms with Crippen molar-refractivity contribution in [2.24, 2.45) is 0 Å². The van der Waals surface area contributed by atoms with Crippen molar-refractivity contribution < 1.29 is 19.4 Å². The highest BCUT2D eigenvalue weighted by Crippen LogP contribution is 2.31. The van der Waals surface area contributed by atoms with Gasteiger partial charge in [0.25, 0.3) is 0 Å². The first-order valence-electron chi connectivity index (χ1n) is 6.15. The van der Waals surface area contributed by atoms with E-state index in [1.54, 1.807) is 39.0 Å². The summed E-state index contributed by atoms with van der Waals surface area (Å²) in [4.78, 5) is 24.7. The fourth-order valence-electron chi connectivity index (χ4n) is 2.14. The third kappa shape index (κ3) is 2.70. The first kappa shape index (κ1) is 13.4. The fraction of sp³-hybridized carbons (Fsp3) is 0.429. The van der Waals surface area contributed by atoms with Crippen molar-refractivity contribution >= 4 is 17.7 Å². The van der Waals surface area contributed by atoms with Crippen molar-refractivity contribution in [3.63, 3.8) is 0 Å². The highest BCUT2D eigenvalue weighted by atomic mass is 16.6. The maximum absolute atomic E-state index is 12.1. The minimum atomic E-state index is -0.970. The van der Waals surface area contributed by atoms with Gasteiger partial charge in [0.05, 0.1) is 11.3 Å². The first-order chi connectivity index (χ1) is 8.79. The van der Waals surface area contributed by atoms with Crippen LogP contribution < -0.4 is 4.90 Å². The van der Waals surface area contributed by atoms with Gasteiger partial charge in [0, 0.05) is 6.54 Å². The van der Waals surface area contributed by atoms with Gasteiger partial charge in [-0.05, 0) is 44.9 Å². The Morgan fingerprint density at radius 1 is 1.32 bits per heavy atom. The molecule has 1 aromatic rings. The molecule has 1 heterocycles. The standard InChI is InChI=1S/C14H17NO4/c1-14(2,3)19-13(18)15-8-7-9-10(12(16)17)5-4-6-11(9)15/h4-6H,7-8H2,1-3H3,(H,16,17). The van der Waals surface area contributed by atoms with Crippen LogP contribution >= 0.6 is 0 Å². The van der Waals surface area contributed by atoms with E-state index in [0.717, 1.165) is 0 Å². The van der Waals surface area contributed by atoms with Crippen molar-refractivity contribution in [2.45, 2.75) is 32.8 Å². The van der Waals surface area contributed by atoms with E-state index in [-0.39, 0.29) is 5.56 Å². The van der Waals surface area contributed by atoms with E-state index in [1.807, 2.05) is 0 Å². The summed E-state index contributed by atoms with van der Waals surface area (Å²) < 4.78 is 5.32. The normalized spacial score (nSPS) is 14.2. The van der Waals surface area contributed by atoms with Crippen LogP contribution in [0.3, 0.4) is 0 Å². The Kier molecular flexibility index (Phi) is 3.22. The van der Waals surface area contributed by atoms with E-state index < -0.39 is 17.7 Å².